The van der Waals surface area contributed by atoms with Gasteiger partial charge in [-0.1, -0.05) is 6.92 Å². The first-order valence-electron chi connectivity index (χ1n) is 3.27. The maximum atomic E-state index is 3.99. The Morgan fingerprint density at radius 2 is 2.00 bits per heavy atom. The molecule has 0 amide bonds. The molecule has 0 spiro atoms. The molecule has 0 saturated heterocycles. The van der Waals surface area contributed by atoms with Crippen LogP contribution in [0, 0.1) is 0 Å². The first-order chi connectivity index (χ1) is 4.86. The molecule has 0 fully saturated rings. The van der Waals surface area contributed by atoms with Gasteiger partial charge in [-0.3, -0.25) is 0 Å². The summed E-state index contributed by atoms with van der Waals surface area (Å²) < 4.78 is 0. The standard InChI is InChI=1S/C7H10N3/c1-3-6-4-9-7(8-2)10-5-6/h4-5H,3H2,1-2H3/q-1. The summed E-state index contributed by atoms with van der Waals surface area (Å²) in [6, 6.07) is 0. The van der Waals surface area contributed by atoms with Gasteiger partial charge in [0.05, 0.1) is 0 Å². The van der Waals surface area contributed by atoms with Crippen molar-refractivity contribution in [2.24, 2.45) is 0 Å². The van der Waals surface area contributed by atoms with Gasteiger partial charge in [0.2, 0.25) is 0 Å². The van der Waals surface area contributed by atoms with Crippen molar-refractivity contribution in [1.29, 1.82) is 0 Å². The lowest BCUT2D eigenvalue weighted by Crippen LogP contribution is -1.85. The number of nitrogens with zero attached hydrogens (tertiary/aromatic N) is 3. The second kappa shape index (κ2) is 3.15. The molecular weight excluding hydrogens is 126 g/mol. The zero-order valence-corrected chi connectivity index (χ0v) is 6.20. The summed E-state index contributed by atoms with van der Waals surface area (Å²) in [6.45, 7) is 2.07. The molecule has 0 aliphatic rings. The molecule has 0 unspecified atom stereocenters. The van der Waals surface area contributed by atoms with E-state index < -0.39 is 0 Å². The monoisotopic (exact) mass is 136 g/mol. The fourth-order valence-corrected chi connectivity index (χ4v) is 0.646. The van der Waals surface area contributed by atoms with Crippen LogP contribution in [0.15, 0.2) is 12.4 Å². The van der Waals surface area contributed by atoms with E-state index in [0.29, 0.717) is 5.95 Å². The van der Waals surface area contributed by atoms with Gasteiger partial charge in [-0.25, -0.2) is 0 Å². The first-order valence-corrected chi connectivity index (χ1v) is 3.27. The second-order valence-corrected chi connectivity index (χ2v) is 1.97. The van der Waals surface area contributed by atoms with Gasteiger partial charge in [0.15, 0.2) is 0 Å². The van der Waals surface area contributed by atoms with E-state index in [0.717, 1.165) is 12.0 Å². The minimum atomic E-state index is 0.553. The molecule has 0 aromatic carbocycles. The third-order valence-electron chi connectivity index (χ3n) is 1.30. The number of aryl methyl sites for hydroxylation is 1. The lowest BCUT2D eigenvalue weighted by Gasteiger charge is -2.07. The van der Waals surface area contributed by atoms with Crippen LogP contribution in [-0.2, 0) is 6.42 Å². The van der Waals surface area contributed by atoms with Gasteiger partial charge in [0, 0.05) is 5.95 Å². The zero-order chi connectivity index (χ0) is 7.40. The lowest BCUT2D eigenvalue weighted by atomic mass is 10.3. The Labute approximate surface area is 60.5 Å². The van der Waals surface area contributed by atoms with Crippen LogP contribution in [-0.4, -0.2) is 17.0 Å². The van der Waals surface area contributed by atoms with Crippen LogP contribution in [0.3, 0.4) is 0 Å². The van der Waals surface area contributed by atoms with Gasteiger partial charge in [-0.15, -0.1) is 0 Å². The van der Waals surface area contributed by atoms with Crippen LogP contribution in [0.1, 0.15) is 12.5 Å². The Balaban J connectivity index is 2.80. The molecule has 0 aliphatic heterocycles. The van der Waals surface area contributed by atoms with E-state index in [1.807, 2.05) is 0 Å². The Kier molecular flexibility index (Phi) is 2.20. The molecule has 0 atom stereocenters. The third-order valence-corrected chi connectivity index (χ3v) is 1.30. The molecule has 0 aliphatic carbocycles. The van der Waals surface area contributed by atoms with Crippen LogP contribution < -0.4 is 0 Å². The molecule has 10 heavy (non-hydrogen) atoms. The molecule has 0 radical (unpaired) electrons. The molecule has 1 aromatic rings. The SMILES string of the molecule is CCc1cnc([N-]C)nc1. The molecular formula is C7H10N3-. The number of hydrogen-bond acceptors (Lipinski definition) is 2. The normalized spacial score (nSPS) is 9.40. The van der Waals surface area contributed by atoms with Crippen molar-refractivity contribution in [3.05, 3.63) is 23.3 Å². The van der Waals surface area contributed by atoms with Crippen LogP contribution in [0.2, 0.25) is 0 Å². The van der Waals surface area contributed by atoms with E-state index in [1.54, 1.807) is 19.4 Å². The van der Waals surface area contributed by atoms with Gasteiger partial charge in [-0.05, 0) is 31.4 Å². The van der Waals surface area contributed by atoms with E-state index >= 15 is 0 Å². The van der Waals surface area contributed by atoms with Crippen molar-refractivity contribution < 1.29 is 0 Å². The molecule has 0 saturated carbocycles. The zero-order valence-electron chi connectivity index (χ0n) is 6.20. The highest BCUT2D eigenvalue weighted by atomic mass is 15.1. The summed E-state index contributed by atoms with van der Waals surface area (Å²) in [5.41, 5.74) is 1.15. The Bertz CT molecular complexity index is 170. The highest BCUT2D eigenvalue weighted by Gasteiger charge is 1.82. The van der Waals surface area contributed by atoms with Crippen LogP contribution in [0.4, 0.5) is 5.95 Å². The fraction of sp³-hybridized carbons (Fsp3) is 0.429. The highest BCUT2D eigenvalue weighted by Crippen LogP contribution is 2.06. The second-order valence-electron chi connectivity index (χ2n) is 1.97. The summed E-state index contributed by atoms with van der Waals surface area (Å²) >= 11 is 0. The maximum absolute atomic E-state index is 3.99. The van der Waals surface area contributed by atoms with Gasteiger partial charge in [-0.2, -0.15) is 0 Å². The number of hydrogen-bond donors (Lipinski definition) is 0. The third kappa shape index (κ3) is 1.43. The van der Waals surface area contributed by atoms with Crippen molar-refractivity contribution >= 4 is 5.95 Å². The van der Waals surface area contributed by atoms with Gasteiger partial charge >= 0.3 is 0 Å². The Morgan fingerprint density at radius 1 is 1.40 bits per heavy atom. The Hall–Kier alpha value is -1.12. The quantitative estimate of drug-likeness (QED) is 0.620. The summed E-state index contributed by atoms with van der Waals surface area (Å²) in [5, 5.41) is 3.82. The summed E-state index contributed by atoms with van der Waals surface area (Å²) in [7, 11) is 1.68. The van der Waals surface area contributed by atoms with Crippen molar-refractivity contribution in [2.75, 3.05) is 7.05 Å². The maximum Gasteiger partial charge on any atom is 0.0229 e. The van der Waals surface area contributed by atoms with Crippen molar-refractivity contribution in [1.82, 2.24) is 9.97 Å². The van der Waals surface area contributed by atoms with Crippen LogP contribution >= 0.6 is 0 Å². The number of rotatable bonds is 2. The Morgan fingerprint density at radius 3 is 2.40 bits per heavy atom. The van der Waals surface area contributed by atoms with Crippen molar-refractivity contribution in [3.8, 4) is 0 Å². The molecule has 3 heteroatoms. The van der Waals surface area contributed by atoms with Crippen LogP contribution in [0.25, 0.3) is 5.32 Å². The summed E-state index contributed by atoms with van der Waals surface area (Å²) in [5.74, 6) is 0.553. The lowest BCUT2D eigenvalue weighted by molar-refractivity contribution is 1.05. The molecule has 0 bridgehead atoms. The van der Waals surface area contributed by atoms with E-state index in [2.05, 4.69) is 22.2 Å². The predicted molar refractivity (Wildman–Crippen MR) is 40.4 cm³/mol. The molecule has 54 valence electrons. The van der Waals surface area contributed by atoms with Gasteiger partial charge in [0.1, 0.15) is 0 Å². The number of aromatic nitrogens is 2. The molecule has 1 heterocycles. The minimum absolute atomic E-state index is 0.553. The predicted octanol–water partition coefficient (Wildman–Crippen LogP) is 1.67. The van der Waals surface area contributed by atoms with E-state index in [4.69, 9.17) is 0 Å². The molecule has 1 aromatic heterocycles. The fourth-order valence-electron chi connectivity index (χ4n) is 0.646. The largest absolute Gasteiger partial charge is 0.397 e. The minimum Gasteiger partial charge on any atom is -0.397 e. The summed E-state index contributed by atoms with van der Waals surface area (Å²) in [6.07, 6.45) is 4.58. The van der Waals surface area contributed by atoms with Crippen LogP contribution in [0.5, 0.6) is 0 Å². The van der Waals surface area contributed by atoms with Crippen molar-refractivity contribution in [2.45, 2.75) is 13.3 Å². The van der Waals surface area contributed by atoms with Crippen molar-refractivity contribution in [3.63, 3.8) is 0 Å². The summed E-state index contributed by atoms with van der Waals surface area (Å²) in [4.78, 5) is 7.98. The molecule has 0 N–H and O–H groups in total. The van der Waals surface area contributed by atoms with Gasteiger partial charge in [0.25, 0.3) is 0 Å². The highest BCUT2D eigenvalue weighted by molar-refractivity contribution is 5.29. The smallest absolute Gasteiger partial charge is 0.0229 e. The van der Waals surface area contributed by atoms with E-state index in [-0.39, 0.29) is 0 Å². The topological polar surface area (TPSA) is 39.9 Å². The van der Waals surface area contributed by atoms with Gasteiger partial charge < -0.3 is 15.3 Å². The van der Waals surface area contributed by atoms with E-state index in [1.165, 1.54) is 0 Å². The average molecular weight is 136 g/mol. The molecule has 1 rings (SSSR count). The average Bonchev–Trinajstić information content (AvgIpc) is 2.05. The first kappa shape index (κ1) is 6.99. The molecule has 3 nitrogen and oxygen atoms in total. The van der Waals surface area contributed by atoms with E-state index in [9.17, 15) is 0 Å².